The Morgan fingerprint density at radius 1 is 1.67 bits per heavy atom. The third kappa shape index (κ3) is 3.98. The first kappa shape index (κ1) is 8.44. The lowest BCUT2D eigenvalue weighted by Crippen LogP contribution is -2.32. The van der Waals surface area contributed by atoms with Gasteiger partial charge in [-0.1, -0.05) is 18.2 Å². The van der Waals surface area contributed by atoms with E-state index in [4.69, 9.17) is 5.73 Å². The zero-order chi connectivity index (χ0) is 7.33. The Morgan fingerprint density at radius 3 is 2.56 bits per heavy atom. The molecule has 0 aromatic carbocycles. The minimum Gasteiger partial charge on any atom is -0.322 e. The number of nitrogens with two attached hydrogens (primary N) is 1. The Balaban J connectivity index is 3.84. The molecule has 1 atom stereocenters. The number of rotatable bonds is 3. The fourth-order valence-electron chi connectivity index (χ4n) is 0.760. The van der Waals surface area contributed by atoms with Crippen LogP contribution in [0.3, 0.4) is 0 Å². The third-order valence-electron chi connectivity index (χ3n) is 1.13. The van der Waals surface area contributed by atoms with E-state index in [2.05, 4.69) is 6.58 Å². The molecule has 0 saturated carbocycles. The van der Waals surface area contributed by atoms with Gasteiger partial charge in [0.15, 0.2) is 0 Å². The minimum atomic E-state index is -0.198. The molecule has 9 heavy (non-hydrogen) atoms. The molecule has 0 aliphatic heterocycles. The number of hydrogen-bond acceptors (Lipinski definition) is 1. The highest BCUT2D eigenvalue weighted by molar-refractivity contribution is 5.03. The van der Waals surface area contributed by atoms with Crippen LogP contribution in [0.1, 0.15) is 20.3 Å². The molecule has 0 aromatic heterocycles. The lowest BCUT2D eigenvalue weighted by atomic mass is 9.99. The fourth-order valence-corrected chi connectivity index (χ4v) is 0.760. The summed E-state index contributed by atoms with van der Waals surface area (Å²) in [6.45, 7) is 7.56. The SMILES string of the molecule is C=CCC(C)(N)/C=C\C. The van der Waals surface area contributed by atoms with E-state index >= 15 is 0 Å². The molecule has 0 saturated heterocycles. The monoisotopic (exact) mass is 125 g/mol. The Hall–Kier alpha value is -0.560. The van der Waals surface area contributed by atoms with Crippen molar-refractivity contribution < 1.29 is 0 Å². The Labute approximate surface area is 57.3 Å². The van der Waals surface area contributed by atoms with Crippen molar-refractivity contribution >= 4 is 0 Å². The second-order valence-electron chi connectivity index (χ2n) is 2.50. The van der Waals surface area contributed by atoms with Crippen LogP contribution in [-0.4, -0.2) is 5.54 Å². The lowest BCUT2D eigenvalue weighted by Gasteiger charge is -2.16. The second-order valence-corrected chi connectivity index (χ2v) is 2.50. The van der Waals surface area contributed by atoms with E-state index in [0.717, 1.165) is 6.42 Å². The number of hydrogen-bond donors (Lipinski definition) is 1. The van der Waals surface area contributed by atoms with Crippen molar-refractivity contribution in [2.24, 2.45) is 5.73 Å². The fraction of sp³-hybridized carbons (Fsp3) is 0.500. The van der Waals surface area contributed by atoms with Gasteiger partial charge in [0.25, 0.3) is 0 Å². The van der Waals surface area contributed by atoms with Crippen LogP contribution in [0.25, 0.3) is 0 Å². The van der Waals surface area contributed by atoms with Crippen molar-refractivity contribution in [3.8, 4) is 0 Å². The molecule has 0 fully saturated rings. The average molecular weight is 125 g/mol. The molecule has 1 nitrogen and oxygen atoms in total. The minimum absolute atomic E-state index is 0.198. The quantitative estimate of drug-likeness (QED) is 0.572. The molecule has 0 aliphatic carbocycles. The smallest absolute Gasteiger partial charge is 0.0345 e. The van der Waals surface area contributed by atoms with Gasteiger partial charge in [-0.2, -0.15) is 0 Å². The standard InChI is InChI=1S/C8H15N/c1-4-6-8(3,9)7-5-2/h4-5,7H,1,6,9H2,2-3H3/b7-5-. The molecular formula is C8H15N. The van der Waals surface area contributed by atoms with Crippen LogP contribution in [0.4, 0.5) is 0 Å². The molecule has 0 spiro atoms. The van der Waals surface area contributed by atoms with Crippen molar-refractivity contribution in [3.63, 3.8) is 0 Å². The van der Waals surface area contributed by atoms with Crippen LogP contribution in [0.15, 0.2) is 24.8 Å². The van der Waals surface area contributed by atoms with Gasteiger partial charge in [-0.05, 0) is 20.3 Å². The summed E-state index contributed by atoms with van der Waals surface area (Å²) in [7, 11) is 0. The van der Waals surface area contributed by atoms with Crippen molar-refractivity contribution in [2.75, 3.05) is 0 Å². The van der Waals surface area contributed by atoms with Gasteiger partial charge in [-0.25, -0.2) is 0 Å². The number of allylic oxidation sites excluding steroid dienone is 1. The van der Waals surface area contributed by atoms with Crippen LogP contribution < -0.4 is 5.73 Å². The maximum Gasteiger partial charge on any atom is 0.0345 e. The van der Waals surface area contributed by atoms with Crippen LogP contribution >= 0.6 is 0 Å². The molecule has 0 heterocycles. The molecule has 52 valence electrons. The summed E-state index contributed by atoms with van der Waals surface area (Å²) >= 11 is 0. The average Bonchev–Trinajstić information content (AvgIpc) is 1.64. The van der Waals surface area contributed by atoms with E-state index in [1.165, 1.54) is 0 Å². The van der Waals surface area contributed by atoms with Crippen molar-refractivity contribution in [2.45, 2.75) is 25.8 Å². The van der Waals surface area contributed by atoms with Gasteiger partial charge in [0, 0.05) is 5.54 Å². The Bertz CT molecular complexity index is 112. The van der Waals surface area contributed by atoms with E-state index in [9.17, 15) is 0 Å². The normalized spacial score (nSPS) is 17.7. The highest BCUT2D eigenvalue weighted by atomic mass is 14.7. The third-order valence-corrected chi connectivity index (χ3v) is 1.13. The molecule has 1 heteroatoms. The van der Waals surface area contributed by atoms with Crippen LogP contribution in [0.5, 0.6) is 0 Å². The van der Waals surface area contributed by atoms with Gasteiger partial charge >= 0.3 is 0 Å². The molecular weight excluding hydrogens is 110 g/mol. The first-order chi connectivity index (χ1) is 4.12. The summed E-state index contributed by atoms with van der Waals surface area (Å²) in [4.78, 5) is 0. The Kier molecular flexibility index (Phi) is 3.25. The molecule has 2 N–H and O–H groups in total. The van der Waals surface area contributed by atoms with Crippen molar-refractivity contribution in [3.05, 3.63) is 24.8 Å². The van der Waals surface area contributed by atoms with Gasteiger partial charge in [0.05, 0.1) is 0 Å². The molecule has 0 rings (SSSR count). The highest BCUT2D eigenvalue weighted by Crippen LogP contribution is 2.06. The zero-order valence-corrected chi connectivity index (χ0v) is 6.22. The zero-order valence-electron chi connectivity index (χ0n) is 6.22. The van der Waals surface area contributed by atoms with Crippen LogP contribution in [0, 0.1) is 0 Å². The second kappa shape index (κ2) is 3.46. The molecule has 0 aromatic rings. The maximum atomic E-state index is 5.78. The van der Waals surface area contributed by atoms with Crippen LogP contribution in [-0.2, 0) is 0 Å². The van der Waals surface area contributed by atoms with E-state index < -0.39 is 0 Å². The summed E-state index contributed by atoms with van der Waals surface area (Å²) < 4.78 is 0. The predicted molar refractivity (Wildman–Crippen MR) is 42.2 cm³/mol. The molecule has 0 amide bonds. The summed E-state index contributed by atoms with van der Waals surface area (Å²) in [6, 6.07) is 0. The Morgan fingerprint density at radius 2 is 2.22 bits per heavy atom. The molecule has 0 bridgehead atoms. The topological polar surface area (TPSA) is 26.0 Å². The van der Waals surface area contributed by atoms with Gasteiger partial charge in [0.1, 0.15) is 0 Å². The summed E-state index contributed by atoms with van der Waals surface area (Å²) in [5.74, 6) is 0. The lowest BCUT2D eigenvalue weighted by molar-refractivity contribution is 0.594. The van der Waals surface area contributed by atoms with Gasteiger partial charge < -0.3 is 5.73 Å². The first-order valence-electron chi connectivity index (χ1n) is 3.16. The van der Waals surface area contributed by atoms with Gasteiger partial charge in [-0.15, -0.1) is 6.58 Å². The highest BCUT2D eigenvalue weighted by Gasteiger charge is 2.09. The maximum absolute atomic E-state index is 5.78. The first-order valence-corrected chi connectivity index (χ1v) is 3.16. The van der Waals surface area contributed by atoms with E-state index in [1.807, 2.05) is 32.1 Å². The van der Waals surface area contributed by atoms with Gasteiger partial charge in [0.2, 0.25) is 0 Å². The van der Waals surface area contributed by atoms with Crippen molar-refractivity contribution in [1.82, 2.24) is 0 Å². The molecule has 1 unspecified atom stereocenters. The van der Waals surface area contributed by atoms with E-state index in [0.29, 0.717) is 0 Å². The molecule has 0 aliphatic rings. The summed E-state index contributed by atoms with van der Waals surface area (Å²) in [5, 5.41) is 0. The molecule has 0 radical (unpaired) electrons. The van der Waals surface area contributed by atoms with Crippen molar-refractivity contribution in [1.29, 1.82) is 0 Å². The van der Waals surface area contributed by atoms with E-state index in [-0.39, 0.29) is 5.54 Å². The summed E-state index contributed by atoms with van der Waals surface area (Å²) in [5.41, 5.74) is 5.58. The van der Waals surface area contributed by atoms with E-state index in [1.54, 1.807) is 0 Å². The summed E-state index contributed by atoms with van der Waals surface area (Å²) in [6.07, 6.45) is 6.61. The predicted octanol–water partition coefficient (Wildman–Crippen LogP) is 1.86. The van der Waals surface area contributed by atoms with Gasteiger partial charge in [-0.3, -0.25) is 0 Å². The van der Waals surface area contributed by atoms with Crippen LogP contribution in [0.2, 0.25) is 0 Å². The largest absolute Gasteiger partial charge is 0.322 e.